The van der Waals surface area contributed by atoms with E-state index in [0.29, 0.717) is 12.0 Å². The van der Waals surface area contributed by atoms with Crippen molar-refractivity contribution in [3.05, 3.63) is 12.2 Å². The van der Waals surface area contributed by atoms with Crippen LogP contribution >= 0.6 is 24.0 Å². The number of guanidine groups is 1. The van der Waals surface area contributed by atoms with Gasteiger partial charge in [0.25, 0.3) is 0 Å². The standard InChI is InChI=1S/C17H33N7.HI/c1-5-16-22-21-13-24(16)10-8-19-17(18-4)20-11-15-7-6-9-23(12-15)14(2)3;/h13-15H,5-12H2,1-4H3,(H2,18,19,20);1H. The summed E-state index contributed by atoms with van der Waals surface area (Å²) in [5.74, 6) is 2.60. The first-order valence-corrected chi connectivity index (χ1v) is 9.19. The zero-order valence-corrected chi connectivity index (χ0v) is 18.4. The Balaban J connectivity index is 0.00000312. The van der Waals surface area contributed by atoms with Crippen LogP contribution in [0.5, 0.6) is 0 Å². The number of halogens is 1. The predicted molar refractivity (Wildman–Crippen MR) is 114 cm³/mol. The molecule has 1 saturated heterocycles. The molecule has 0 spiro atoms. The van der Waals surface area contributed by atoms with E-state index in [1.807, 2.05) is 7.05 Å². The molecule has 1 unspecified atom stereocenters. The minimum atomic E-state index is 0. The highest BCUT2D eigenvalue weighted by Gasteiger charge is 2.21. The zero-order chi connectivity index (χ0) is 17.4. The average molecular weight is 463 g/mol. The molecule has 1 aromatic heterocycles. The minimum absolute atomic E-state index is 0. The van der Waals surface area contributed by atoms with E-state index in [9.17, 15) is 0 Å². The van der Waals surface area contributed by atoms with Gasteiger partial charge in [0.1, 0.15) is 12.2 Å². The maximum absolute atomic E-state index is 4.33. The molecule has 1 fully saturated rings. The van der Waals surface area contributed by atoms with E-state index < -0.39 is 0 Å². The fourth-order valence-electron chi connectivity index (χ4n) is 3.23. The Morgan fingerprint density at radius 2 is 2.20 bits per heavy atom. The first-order valence-electron chi connectivity index (χ1n) is 9.19. The molecule has 2 rings (SSSR count). The van der Waals surface area contributed by atoms with Gasteiger partial charge in [-0.2, -0.15) is 0 Å². The Kier molecular flexibility index (Phi) is 10.3. The molecule has 8 heteroatoms. The lowest BCUT2D eigenvalue weighted by Crippen LogP contribution is -2.46. The number of piperidine rings is 1. The second kappa shape index (κ2) is 11.7. The number of likely N-dealkylation sites (tertiary alicyclic amines) is 1. The van der Waals surface area contributed by atoms with Gasteiger partial charge < -0.3 is 20.1 Å². The molecule has 2 N–H and O–H groups in total. The summed E-state index contributed by atoms with van der Waals surface area (Å²) >= 11 is 0. The van der Waals surface area contributed by atoms with Crippen molar-refractivity contribution >= 4 is 29.9 Å². The molecule has 7 nitrogen and oxygen atoms in total. The van der Waals surface area contributed by atoms with Crippen LogP contribution in [0.3, 0.4) is 0 Å². The van der Waals surface area contributed by atoms with E-state index in [1.165, 1.54) is 25.9 Å². The van der Waals surface area contributed by atoms with Gasteiger partial charge in [-0.1, -0.05) is 6.92 Å². The number of aliphatic imine (C=N–C) groups is 1. The fraction of sp³-hybridized carbons (Fsp3) is 0.824. The van der Waals surface area contributed by atoms with Crippen LogP contribution in [0.25, 0.3) is 0 Å². The van der Waals surface area contributed by atoms with Gasteiger partial charge in [0.15, 0.2) is 5.96 Å². The molecule has 0 radical (unpaired) electrons. The molecule has 1 atom stereocenters. The average Bonchev–Trinajstić information content (AvgIpc) is 3.05. The van der Waals surface area contributed by atoms with E-state index in [1.54, 1.807) is 6.33 Å². The monoisotopic (exact) mass is 463 g/mol. The molecular formula is C17H34IN7. The lowest BCUT2D eigenvalue weighted by molar-refractivity contribution is 0.141. The Bertz CT molecular complexity index is 515. The second-order valence-electron chi connectivity index (χ2n) is 6.77. The van der Waals surface area contributed by atoms with Gasteiger partial charge >= 0.3 is 0 Å². The summed E-state index contributed by atoms with van der Waals surface area (Å²) < 4.78 is 2.09. The van der Waals surface area contributed by atoms with E-state index in [-0.39, 0.29) is 24.0 Å². The molecule has 1 aromatic rings. The highest BCUT2D eigenvalue weighted by atomic mass is 127. The highest BCUT2D eigenvalue weighted by molar-refractivity contribution is 14.0. The Labute approximate surface area is 169 Å². The maximum Gasteiger partial charge on any atom is 0.191 e. The molecule has 25 heavy (non-hydrogen) atoms. The van der Waals surface area contributed by atoms with Crippen LogP contribution in [0.2, 0.25) is 0 Å². The highest BCUT2D eigenvalue weighted by Crippen LogP contribution is 2.17. The number of nitrogens with zero attached hydrogens (tertiary/aromatic N) is 5. The second-order valence-corrected chi connectivity index (χ2v) is 6.77. The van der Waals surface area contributed by atoms with Crippen molar-refractivity contribution in [1.29, 1.82) is 0 Å². The van der Waals surface area contributed by atoms with Crippen molar-refractivity contribution < 1.29 is 0 Å². The third-order valence-corrected chi connectivity index (χ3v) is 4.72. The molecule has 0 aromatic carbocycles. The molecule has 0 bridgehead atoms. The zero-order valence-electron chi connectivity index (χ0n) is 16.0. The number of aryl methyl sites for hydroxylation is 1. The van der Waals surface area contributed by atoms with Crippen LogP contribution in [0.1, 0.15) is 39.4 Å². The van der Waals surface area contributed by atoms with Crippen molar-refractivity contribution in [2.75, 3.05) is 33.2 Å². The number of hydrogen-bond acceptors (Lipinski definition) is 4. The van der Waals surface area contributed by atoms with Gasteiger partial charge in [-0.3, -0.25) is 4.99 Å². The van der Waals surface area contributed by atoms with Gasteiger partial charge in [0.2, 0.25) is 0 Å². The summed E-state index contributed by atoms with van der Waals surface area (Å²) in [5.41, 5.74) is 0. The van der Waals surface area contributed by atoms with Crippen molar-refractivity contribution in [3.8, 4) is 0 Å². The van der Waals surface area contributed by atoms with Crippen molar-refractivity contribution in [2.45, 2.75) is 52.6 Å². The first kappa shape index (κ1) is 22.1. The van der Waals surface area contributed by atoms with Gasteiger partial charge in [0, 0.05) is 45.7 Å². The summed E-state index contributed by atoms with van der Waals surface area (Å²) in [6, 6.07) is 0.641. The van der Waals surface area contributed by atoms with E-state index in [4.69, 9.17) is 0 Å². The summed E-state index contributed by atoms with van der Waals surface area (Å²) in [7, 11) is 1.83. The molecule has 2 heterocycles. The van der Waals surface area contributed by atoms with Gasteiger partial charge in [0.05, 0.1) is 0 Å². The van der Waals surface area contributed by atoms with Gasteiger partial charge in [-0.25, -0.2) is 0 Å². The summed E-state index contributed by atoms with van der Waals surface area (Å²) in [6.07, 6.45) is 5.29. The number of nitrogens with one attached hydrogen (secondary N) is 2. The van der Waals surface area contributed by atoms with Crippen LogP contribution in [-0.2, 0) is 13.0 Å². The van der Waals surface area contributed by atoms with E-state index >= 15 is 0 Å². The van der Waals surface area contributed by atoms with Crippen LogP contribution in [0.15, 0.2) is 11.3 Å². The normalized spacial score (nSPS) is 18.9. The molecule has 1 aliphatic heterocycles. The van der Waals surface area contributed by atoms with Crippen molar-refractivity contribution in [1.82, 2.24) is 30.3 Å². The molecule has 0 amide bonds. The van der Waals surface area contributed by atoms with Crippen LogP contribution in [-0.4, -0.2) is 64.9 Å². The molecule has 144 valence electrons. The van der Waals surface area contributed by atoms with Gasteiger partial charge in [-0.15, -0.1) is 34.2 Å². The minimum Gasteiger partial charge on any atom is -0.356 e. The summed E-state index contributed by atoms with van der Waals surface area (Å²) in [5, 5.41) is 14.9. The SMILES string of the molecule is CCc1nncn1CCNC(=NC)NCC1CCCN(C(C)C)C1.I. The lowest BCUT2D eigenvalue weighted by atomic mass is 9.97. The number of aromatic nitrogens is 3. The Hall–Kier alpha value is -0.900. The van der Waals surface area contributed by atoms with Crippen LogP contribution in [0.4, 0.5) is 0 Å². The fourth-order valence-corrected chi connectivity index (χ4v) is 3.23. The topological polar surface area (TPSA) is 70.4 Å². The van der Waals surface area contributed by atoms with E-state index in [0.717, 1.165) is 37.8 Å². The van der Waals surface area contributed by atoms with Crippen LogP contribution in [0, 0.1) is 5.92 Å². The third-order valence-electron chi connectivity index (χ3n) is 4.72. The van der Waals surface area contributed by atoms with Gasteiger partial charge in [-0.05, 0) is 39.2 Å². The molecule has 0 saturated carbocycles. The number of rotatable bonds is 7. The van der Waals surface area contributed by atoms with Crippen molar-refractivity contribution in [2.24, 2.45) is 10.9 Å². The third kappa shape index (κ3) is 7.08. The Morgan fingerprint density at radius 1 is 1.40 bits per heavy atom. The Morgan fingerprint density at radius 3 is 2.88 bits per heavy atom. The maximum atomic E-state index is 4.33. The quantitative estimate of drug-likeness (QED) is 0.366. The molecule has 1 aliphatic rings. The van der Waals surface area contributed by atoms with Crippen molar-refractivity contribution in [3.63, 3.8) is 0 Å². The molecule has 0 aliphatic carbocycles. The summed E-state index contributed by atoms with van der Waals surface area (Å²) in [4.78, 5) is 6.90. The number of hydrogen-bond donors (Lipinski definition) is 2. The summed E-state index contributed by atoms with van der Waals surface area (Å²) in [6.45, 7) is 11.7. The molecular weight excluding hydrogens is 429 g/mol. The smallest absolute Gasteiger partial charge is 0.191 e. The first-order chi connectivity index (χ1) is 11.6. The predicted octanol–water partition coefficient (Wildman–Crippen LogP) is 1.74. The lowest BCUT2D eigenvalue weighted by Gasteiger charge is -2.35. The van der Waals surface area contributed by atoms with E-state index in [2.05, 4.69) is 56.1 Å². The largest absolute Gasteiger partial charge is 0.356 e. The van der Waals surface area contributed by atoms with Crippen LogP contribution < -0.4 is 10.6 Å².